The van der Waals surface area contributed by atoms with Gasteiger partial charge in [0.05, 0.1) is 6.54 Å². The number of hydrogen-bond acceptors (Lipinski definition) is 1. The third-order valence-corrected chi connectivity index (χ3v) is 2.77. The fourth-order valence-electron chi connectivity index (χ4n) is 1.23. The van der Waals surface area contributed by atoms with Crippen molar-refractivity contribution in [3.05, 3.63) is 34.3 Å². The van der Waals surface area contributed by atoms with E-state index in [-0.39, 0.29) is 0 Å². The molecule has 1 N–H and O–H groups in total. The summed E-state index contributed by atoms with van der Waals surface area (Å²) in [5.41, 5.74) is 1.27. The van der Waals surface area contributed by atoms with Crippen LogP contribution in [0.3, 0.4) is 0 Å². The van der Waals surface area contributed by atoms with Gasteiger partial charge in [0.2, 0.25) is 0 Å². The van der Waals surface area contributed by atoms with E-state index in [2.05, 4.69) is 52.1 Å². The van der Waals surface area contributed by atoms with Crippen molar-refractivity contribution in [2.24, 2.45) is 0 Å². The molecule has 2 heteroatoms. The third kappa shape index (κ3) is 3.17. The number of nitrogens with one attached hydrogen (secondary N) is 1. The van der Waals surface area contributed by atoms with E-state index >= 15 is 0 Å². The minimum atomic E-state index is 0.325. The first-order chi connectivity index (χ1) is 6.75. The lowest BCUT2D eigenvalue weighted by Crippen LogP contribution is -2.19. The molecule has 1 aromatic carbocycles. The lowest BCUT2D eigenvalue weighted by atomic mass is 10.1. The summed E-state index contributed by atoms with van der Waals surface area (Å²) in [7, 11) is 0. The van der Waals surface area contributed by atoms with Gasteiger partial charge >= 0.3 is 0 Å². The molecule has 1 unspecified atom stereocenters. The highest BCUT2D eigenvalue weighted by molar-refractivity contribution is 9.10. The molecule has 1 aromatic rings. The van der Waals surface area contributed by atoms with E-state index in [1.807, 2.05) is 19.1 Å². The molecule has 0 aliphatic heterocycles. The van der Waals surface area contributed by atoms with Crippen LogP contribution in [-0.4, -0.2) is 6.54 Å². The minimum Gasteiger partial charge on any atom is -0.300 e. The van der Waals surface area contributed by atoms with Crippen molar-refractivity contribution < 1.29 is 0 Å². The Balaban J connectivity index is 2.63. The first kappa shape index (κ1) is 11.3. The summed E-state index contributed by atoms with van der Waals surface area (Å²) in [6.45, 7) is 4.72. The second-order valence-corrected chi connectivity index (χ2v) is 3.91. The smallest absolute Gasteiger partial charge is 0.0581 e. The van der Waals surface area contributed by atoms with Gasteiger partial charge in [0.1, 0.15) is 0 Å². The van der Waals surface area contributed by atoms with Crippen molar-refractivity contribution >= 4 is 15.9 Å². The Morgan fingerprint density at radius 3 is 2.79 bits per heavy atom. The Bertz CT molecular complexity index is 349. The Morgan fingerprint density at radius 2 is 2.14 bits per heavy atom. The van der Waals surface area contributed by atoms with Crippen LogP contribution in [0.2, 0.25) is 0 Å². The molecule has 74 valence electrons. The normalized spacial score (nSPS) is 11.6. The summed E-state index contributed by atoms with van der Waals surface area (Å²) < 4.78 is 1.14. The zero-order valence-corrected chi connectivity index (χ0v) is 10.1. The van der Waals surface area contributed by atoms with Crippen molar-refractivity contribution in [1.29, 1.82) is 0 Å². The van der Waals surface area contributed by atoms with Crippen molar-refractivity contribution in [2.75, 3.05) is 6.54 Å². The zero-order chi connectivity index (χ0) is 10.4. The number of hydrogen-bond donors (Lipinski definition) is 1. The monoisotopic (exact) mass is 251 g/mol. The molecule has 0 aliphatic carbocycles. The van der Waals surface area contributed by atoms with Crippen LogP contribution >= 0.6 is 15.9 Å². The molecule has 1 atom stereocenters. The van der Waals surface area contributed by atoms with E-state index in [0.717, 1.165) is 11.0 Å². The van der Waals surface area contributed by atoms with Crippen LogP contribution in [0.15, 0.2) is 28.7 Å². The number of rotatable bonds is 3. The minimum absolute atomic E-state index is 0.325. The molecule has 0 aliphatic rings. The van der Waals surface area contributed by atoms with Gasteiger partial charge in [0.15, 0.2) is 0 Å². The van der Waals surface area contributed by atoms with Crippen LogP contribution in [0.1, 0.15) is 25.5 Å². The summed E-state index contributed by atoms with van der Waals surface area (Å²) in [5.74, 6) is 5.86. The largest absolute Gasteiger partial charge is 0.300 e. The van der Waals surface area contributed by atoms with Gasteiger partial charge in [-0.05, 0) is 25.5 Å². The van der Waals surface area contributed by atoms with Crippen molar-refractivity contribution in [2.45, 2.75) is 19.9 Å². The number of halogens is 1. The van der Waals surface area contributed by atoms with E-state index in [4.69, 9.17) is 0 Å². The highest BCUT2D eigenvalue weighted by Crippen LogP contribution is 2.22. The molecule has 0 amide bonds. The summed E-state index contributed by atoms with van der Waals surface area (Å²) in [5, 5.41) is 3.34. The maximum atomic E-state index is 3.53. The van der Waals surface area contributed by atoms with Gasteiger partial charge in [-0.2, -0.15) is 0 Å². The van der Waals surface area contributed by atoms with E-state index < -0.39 is 0 Å². The van der Waals surface area contributed by atoms with Gasteiger partial charge in [-0.25, -0.2) is 0 Å². The quantitative estimate of drug-likeness (QED) is 0.815. The number of benzene rings is 1. The van der Waals surface area contributed by atoms with Crippen molar-refractivity contribution in [3.63, 3.8) is 0 Å². The highest BCUT2D eigenvalue weighted by atomic mass is 79.9. The van der Waals surface area contributed by atoms with Crippen molar-refractivity contribution in [1.82, 2.24) is 5.32 Å². The molecule has 0 radical (unpaired) electrons. The first-order valence-corrected chi connectivity index (χ1v) is 5.42. The van der Waals surface area contributed by atoms with Crippen LogP contribution in [0, 0.1) is 11.8 Å². The second kappa shape index (κ2) is 5.85. The maximum absolute atomic E-state index is 3.53. The zero-order valence-electron chi connectivity index (χ0n) is 8.47. The van der Waals surface area contributed by atoms with E-state index in [9.17, 15) is 0 Å². The Hall–Kier alpha value is -0.780. The first-order valence-electron chi connectivity index (χ1n) is 4.63. The van der Waals surface area contributed by atoms with Gasteiger partial charge in [0.25, 0.3) is 0 Å². The molecule has 0 saturated carbocycles. The molecule has 0 heterocycles. The average molecular weight is 252 g/mol. The fraction of sp³-hybridized carbons (Fsp3) is 0.333. The van der Waals surface area contributed by atoms with E-state index in [1.165, 1.54) is 5.56 Å². The Morgan fingerprint density at radius 1 is 1.43 bits per heavy atom. The SMILES string of the molecule is CC#CCNC(C)c1ccccc1Br. The molecular weight excluding hydrogens is 238 g/mol. The lowest BCUT2D eigenvalue weighted by Gasteiger charge is -2.13. The molecule has 0 bridgehead atoms. The maximum Gasteiger partial charge on any atom is 0.0581 e. The van der Waals surface area contributed by atoms with Crippen LogP contribution in [0.5, 0.6) is 0 Å². The Labute approximate surface area is 94.0 Å². The molecule has 1 nitrogen and oxygen atoms in total. The van der Waals surface area contributed by atoms with E-state index in [0.29, 0.717) is 6.04 Å². The van der Waals surface area contributed by atoms with Crippen molar-refractivity contribution in [3.8, 4) is 11.8 Å². The average Bonchev–Trinajstić information content (AvgIpc) is 2.18. The van der Waals surface area contributed by atoms with Gasteiger partial charge in [-0.1, -0.05) is 40.0 Å². The summed E-state index contributed by atoms with van der Waals surface area (Å²) in [4.78, 5) is 0. The summed E-state index contributed by atoms with van der Waals surface area (Å²) in [6.07, 6.45) is 0. The molecule has 0 aromatic heterocycles. The van der Waals surface area contributed by atoms with Gasteiger partial charge in [-0.15, -0.1) is 5.92 Å². The van der Waals surface area contributed by atoms with E-state index in [1.54, 1.807) is 0 Å². The molecule has 0 fully saturated rings. The van der Waals surface area contributed by atoms with Gasteiger partial charge in [-0.3, -0.25) is 5.32 Å². The molecule has 0 saturated heterocycles. The fourth-order valence-corrected chi connectivity index (χ4v) is 1.86. The topological polar surface area (TPSA) is 12.0 Å². The summed E-state index contributed by atoms with van der Waals surface area (Å²) >= 11 is 3.53. The highest BCUT2D eigenvalue weighted by Gasteiger charge is 2.06. The standard InChI is InChI=1S/C12H14BrN/c1-3-4-9-14-10(2)11-7-5-6-8-12(11)13/h5-8,10,14H,9H2,1-2H3. The second-order valence-electron chi connectivity index (χ2n) is 3.05. The summed E-state index contributed by atoms with van der Waals surface area (Å²) in [6, 6.07) is 8.56. The molecule has 0 spiro atoms. The molecule has 14 heavy (non-hydrogen) atoms. The van der Waals surface area contributed by atoms with Crippen LogP contribution in [0.25, 0.3) is 0 Å². The predicted molar refractivity (Wildman–Crippen MR) is 64.0 cm³/mol. The van der Waals surface area contributed by atoms with Gasteiger partial charge in [0, 0.05) is 10.5 Å². The molecular formula is C12H14BrN. The third-order valence-electron chi connectivity index (χ3n) is 2.05. The van der Waals surface area contributed by atoms with Crippen LogP contribution in [0.4, 0.5) is 0 Å². The lowest BCUT2D eigenvalue weighted by molar-refractivity contribution is 0.621. The van der Waals surface area contributed by atoms with Crippen LogP contribution in [-0.2, 0) is 0 Å². The van der Waals surface area contributed by atoms with Gasteiger partial charge < -0.3 is 0 Å². The molecule has 1 rings (SSSR count). The predicted octanol–water partition coefficient (Wildman–Crippen LogP) is 3.12. The Kier molecular flexibility index (Phi) is 4.72. The van der Waals surface area contributed by atoms with Crippen LogP contribution < -0.4 is 5.32 Å².